The Morgan fingerprint density at radius 2 is 1.77 bits per heavy atom. The molecule has 0 saturated heterocycles. The summed E-state index contributed by atoms with van der Waals surface area (Å²) < 4.78 is 12.1. The summed E-state index contributed by atoms with van der Waals surface area (Å²) >= 11 is 0. The highest BCUT2D eigenvalue weighted by atomic mass is 16.5. The Morgan fingerprint density at radius 1 is 1.00 bits per heavy atom. The van der Waals surface area contributed by atoms with Crippen LogP contribution in [0.2, 0.25) is 0 Å². The van der Waals surface area contributed by atoms with Crippen molar-refractivity contribution in [3.05, 3.63) is 59.8 Å². The Bertz CT molecular complexity index is 1120. The van der Waals surface area contributed by atoms with Crippen LogP contribution in [0, 0.1) is 13.8 Å². The Balaban J connectivity index is 1.46. The number of carbonyl (C=O) groups excluding carboxylic acids is 3. The molecule has 2 aromatic carbocycles. The normalized spacial score (nSPS) is 10.5. The van der Waals surface area contributed by atoms with Crippen molar-refractivity contribution in [2.75, 3.05) is 25.6 Å². The lowest BCUT2D eigenvalue weighted by atomic mass is 10.2. The molecule has 0 radical (unpaired) electrons. The first-order valence-electron chi connectivity index (χ1n) is 9.79. The maximum atomic E-state index is 12.2. The van der Waals surface area contributed by atoms with E-state index in [4.69, 9.17) is 9.47 Å². The molecule has 0 bridgehead atoms. The lowest BCUT2D eigenvalue weighted by Gasteiger charge is -2.12. The molecule has 2 amide bonds. The molecule has 0 atom stereocenters. The quantitative estimate of drug-likeness (QED) is 0.543. The number of para-hydroxylation sites is 1. The number of methoxy groups -OCH3 is 1. The number of aromatic nitrogens is 1. The van der Waals surface area contributed by atoms with Crippen LogP contribution in [-0.4, -0.2) is 42.6 Å². The molecule has 162 valence electrons. The van der Waals surface area contributed by atoms with E-state index in [0.29, 0.717) is 11.4 Å². The molecule has 0 aliphatic heterocycles. The fraction of sp³-hybridized carbons (Fsp3) is 0.261. The van der Waals surface area contributed by atoms with Crippen LogP contribution >= 0.6 is 0 Å². The third-order valence-electron chi connectivity index (χ3n) is 4.74. The molecule has 0 aliphatic rings. The summed E-state index contributed by atoms with van der Waals surface area (Å²) in [5.41, 5.74) is 3.32. The van der Waals surface area contributed by atoms with Crippen molar-refractivity contribution in [2.24, 2.45) is 0 Å². The van der Waals surface area contributed by atoms with Crippen molar-refractivity contribution >= 4 is 34.4 Å². The molecule has 31 heavy (non-hydrogen) atoms. The lowest BCUT2D eigenvalue weighted by molar-refractivity contribution is -0.149. The second-order valence-electron chi connectivity index (χ2n) is 7.12. The minimum atomic E-state index is -0.561. The first-order chi connectivity index (χ1) is 14.9. The van der Waals surface area contributed by atoms with Crippen molar-refractivity contribution < 1.29 is 23.9 Å². The number of hydrogen-bond acceptors (Lipinski definition) is 5. The van der Waals surface area contributed by atoms with Crippen LogP contribution in [0.4, 0.5) is 5.69 Å². The standard InChI is InChI=1S/C23H25N3O5/c1-15-8-9-20(30-3)18(10-15)25-21(27)12-24-22(28)14-31-23(29)13-26-16(2)11-17-6-4-5-7-19(17)26/h4-11H,12-14H2,1-3H3,(H,24,28)(H,25,27). The molecule has 8 nitrogen and oxygen atoms in total. The van der Waals surface area contributed by atoms with Crippen molar-refractivity contribution in [3.8, 4) is 5.75 Å². The van der Waals surface area contributed by atoms with Gasteiger partial charge in [0.2, 0.25) is 5.91 Å². The summed E-state index contributed by atoms with van der Waals surface area (Å²) in [4.78, 5) is 36.3. The van der Waals surface area contributed by atoms with E-state index in [-0.39, 0.29) is 13.1 Å². The van der Waals surface area contributed by atoms with E-state index in [1.807, 2.05) is 54.8 Å². The van der Waals surface area contributed by atoms with Gasteiger partial charge in [-0.1, -0.05) is 24.3 Å². The minimum Gasteiger partial charge on any atom is -0.495 e. The van der Waals surface area contributed by atoms with Crippen LogP contribution in [0.25, 0.3) is 10.9 Å². The van der Waals surface area contributed by atoms with Gasteiger partial charge in [-0.25, -0.2) is 0 Å². The van der Waals surface area contributed by atoms with Crippen molar-refractivity contribution in [3.63, 3.8) is 0 Å². The van der Waals surface area contributed by atoms with Gasteiger partial charge < -0.3 is 24.7 Å². The maximum absolute atomic E-state index is 12.2. The van der Waals surface area contributed by atoms with E-state index in [2.05, 4.69) is 10.6 Å². The molecule has 2 N–H and O–H groups in total. The molecule has 0 fully saturated rings. The van der Waals surface area contributed by atoms with E-state index in [1.165, 1.54) is 7.11 Å². The molecule has 0 spiro atoms. The van der Waals surface area contributed by atoms with Gasteiger partial charge in [0.05, 0.1) is 19.3 Å². The average Bonchev–Trinajstić information content (AvgIpc) is 3.06. The number of ether oxygens (including phenoxy) is 2. The monoisotopic (exact) mass is 423 g/mol. The highest BCUT2D eigenvalue weighted by molar-refractivity contribution is 5.96. The van der Waals surface area contributed by atoms with Gasteiger partial charge in [0.1, 0.15) is 12.3 Å². The molecular weight excluding hydrogens is 398 g/mol. The lowest BCUT2D eigenvalue weighted by Crippen LogP contribution is -2.36. The number of benzene rings is 2. The van der Waals surface area contributed by atoms with Gasteiger partial charge in [0.15, 0.2) is 6.61 Å². The average molecular weight is 423 g/mol. The number of esters is 1. The SMILES string of the molecule is COc1ccc(C)cc1NC(=O)CNC(=O)COC(=O)Cn1c(C)cc2ccccc21. The molecule has 1 aromatic heterocycles. The number of nitrogens with one attached hydrogen (secondary N) is 2. The van der Waals surface area contributed by atoms with Crippen molar-refractivity contribution in [1.29, 1.82) is 0 Å². The zero-order valence-corrected chi connectivity index (χ0v) is 17.7. The highest BCUT2D eigenvalue weighted by Crippen LogP contribution is 2.25. The van der Waals surface area contributed by atoms with Crippen LogP contribution in [0.5, 0.6) is 5.75 Å². The summed E-state index contributed by atoms with van der Waals surface area (Å²) in [6, 6.07) is 15.1. The van der Waals surface area contributed by atoms with Gasteiger partial charge in [0.25, 0.3) is 5.91 Å². The Kier molecular flexibility index (Phi) is 6.92. The van der Waals surface area contributed by atoms with E-state index in [1.54, 1.807) is 12.1 Å². The van der Waals surface area contributed by atoms with Gasteiger partial charge in [0, 0.05) is 11.2 Å². The largest absolute Gasteiger partial charge is 0.495 e. The first kappa shape index (κ1) is 21.9. The Labute approximate surface area is 180 Å². The Morgan fingerprint density at radius 3 is 2.55 bits per heavy atom. The summed E-state index contributed by atoms with van der Waals surface area (Å²) in [7, 11) is 1.51. The molecule has 0 saturated carbocycles. The van der Waals surface area contributed by atoms with Crippen LogP contribution in [0.3, 0.4) is 0 Å². The summed E-state index contributed by atoms with van der Waals surface area (Å²) in [6.45, 7) is 3.08. The summed E-state index contributed by atoms with van der Waals surface area (Å²) in [5, 5.41) is 6.15. The van der Waals surface area contributed by atoms with E-state index in [0.717, 1.165) is 22.2 Å². The summed E-state index contributed by atoms with van der Waals surface area (Å²) in [5.74, 6) is -0.993. The van der Waals surface area contributed by atoms with Crippen LogP contribution in [0.15, 0.2) is 48.5 Å². The molecule has 8 heteroatoms. The van der Waals surface area contributed by atoms with Crippen LogP contribution in [-0.2, 0) is 25.7 Å². The van der Waals surface area contributed by atoms with Crippen molar-refractivity contribution in [2.45, 2.75) is 20.4 Å². The predicted octanol–water partition coefficient (Wildman–Crippen LogP) is 2.56. The molecule has 0 aliphatic carbocycles. The van der Waals surface area contributed by atoms with Crippen molar-refractivity contribution in [1.82, 2.24) is 9.88 Å². The van der Waals surface area contributed by atoms with E-state index >= 15 is 0 Å². The van der Waals surface area contributed by atoms with E-state index < -0.39 is 24.4 Å². The molecule has 1 heterocycles. The predicted molar refractivity (Wildman–Crippen MR) is 117 cm³/mol. The molecular formula is C23H25N3O5. The number of aryl methyl sites for hydroxylation is 2. The maximum Gasteiger partial charge on any atom is 0.326 e. The third-order valence-corrected chi connectivity index (χ3v) is 4.74. The van der Waals surface area contributed by atoms with Gasteiger partial charge in [-0.05, 0) is 49.1 Å². The summed E-state index contributed by atoms with van der Waals surface area (Å²) in [6.07, 6.45) is 0. The Hall–Kier alpha value is -3.81. The number of carbonyl (C=O) groups is 3. The topological polar surface area (TPSA) is 98.7 Å². The first-order valence-corrected chi connectivity index (χ1v) is 9.79. The zero-order valence-electron chi connectivity index (χ0n) is 17.7. The smallest absolute Gasteiger partial charge is 0.326 e. The van der Waals surface area contributed by atoms with Gasteiger partial charge in [-0.15, -0.1) is 0 Å². The fourth-order valence-corrected chi connectivity index (χ4v) is 3.22. The highest BCUT2D eigenvalue weighted by Gasteiger charge is 2.13. The number of rotatable bonds is 8. The second-order valence-corrected chi connectivity index (χ2v) is 7.12. The molecule has 0 unspecified atom stereocenters. The number of anilines is 1. The number of hydrogen-bond donors (Lipinski definition) is 2. The fourth-order valence-electron chi connectivity index (χ4n) is 3.22. The third kappa shape index (κ3) is 5.63. The van der Waals surface area contributed by atoms with Gasteiger partial charge >= 0.3 is 5.97 Å². The van der Waals surface area contributed by atoms with E-state index in [9.17, 15) is 14.4 Å². The second kappa shape index (κ2) is 9.80. The zero-order chi connectivity index (χ0) is 22.4. The van der Waals surface area contributed by atoms with Crippen LogP contribution in [0.1, 0.15) is 11.3 Å². The number of amides is 2. The minimum absolute atomic E-state index is 0.000264. The number of nitrogens with zero attached hydrogens (tertiary/aromatic N) is 1. The van der Waals surface area contributed by atoms with Gasteiger partial charge in [-0.2, -0.15) is 0 Å². The van der Waals surface area contributed by atoms with Gasteiger partial charge in [-0.3, -0.25) is 14.4 Å². The van der Waals surface area contributed by atoms with Crippen LogP contribution < -0.4 is 15.4 Å². The molecule has 3 aromatic rings. The number of fused-ring (bicyclic) bond motifs is 1. The molecule has 3 rings (SSSR count).